The maximum absolute atomic E-state index is 6.09. The largest absolute Gasteiger partial charge is 0.361 e. The molecule has 1 N–H and O–H groups in total. The number of H-pyrrole nitrogens is 1. The van der Waals surface area contributed by atoms with Gasteiger partial charge in [0.1, 0.15) is 5.69 Å². The van der Waals surface area contributed by atoms with Gasteiger partial charge in [0, 0.05) is 23.4 Å². The van der Waals surface area contributed by atoms with E-state index in [1.165, 1.54) is 0 Å². The molecule has 3 rings (SSSR count). The Hall–Kier alpha value is -1.77. The fourth-order valence-corrected chi connectivity index (χ4v) is 2.46. The van der Waals surface area contributed by atoms with Crippen molar-refractivity contribution in [3.05, 3.63) is 64.3 Å². The molecule has 2 aromatic carbocycles. The van der Waals surface area contributed by atoms with Crippen LogP contribution in [0, 0.1) is 0 Å². The number of benzene rings is 2. The molecule has 3 aromatic rings. The van der Waals surface area contributed by atoms with Crippen LogP contribution in [-0.2, 0) is 0 Å². The number of hydrogen-bond donors (Lipinski definition) is 1. The molecular weight excluding hydrogens is 279 g/mol. The second-order valence-electron chi connectivity index (χ2n) is 4.12. The van der Waals surface area contributed by atoms with Crippen molar-refractivity contribution in [3.8, 4) is 0 Å². The Morgan fingerprint density at radius 3 is 2.47 bits per heavy atom. The smallest absolute Gasteiger partial charge is 0.100 e. The second kappa shape index (κ2) is 5.08. The highest BCUT2D eigenvalue weighted by Crippen LogP contribution is 2.32. The van der Waals surface area contributed by atoms with Crippen molar-refractivity contribution in [2.75, 3.05) is 0 Å². The highest BCUT2D eigenvalue weighted by atomic mass is 35.5. The Kier molecular flexibility index (Phi) is 3.28. The average Bonchev–Trinajstić information content (AvgIpc) is 2.87. The minimum atomic E-state index is 0.544. The summed E-state index contributed by atoms with van der Waals surface area (Å²) in [4.78, 5) is 7.59. The van der Waals surface area contributed by atoms with E-state index in [1.807, 2.05) is 30.5 Å². The third-order valence-electron chi connectivity index (χ3n) is 2.89. The van der Waals surface area contributed by atoms with E-state index in [-0.39, 0.29) is 0 Å². The summed E-state index contributed by atoms with van der Waals surface area (Å²) in [5, 5.41) is 2.24. The van der Waals surface area contributed by atoms with Crippen LogP contribution < -0.4 is 0 Å². The molecule has 1 heterocycles. The van der Waals surface area contributed by atoms with Crippen LogP contribution in [-0.4, -0.2) is 11.2 Å². The van der Waals surface area contributed by atoms with Gasteiger partial charge in [-0.05, 0) is 18.2 Å². The molecule has 4 heteroatoms. The lowest BCUT2D eigenvalue weighted by molar-refractivity contribution is 1.46. The predicted molar refractivity (Wildman–Crippen MR) is 82.0 cm³/mol. The second-order valence-corrected chi connectivity index (χ2v) is 4.93. The van der Waals surface area contributed by atoms with Gasteiger partial charge in [-0.15, -0.1) is 0 Å². The van der Waals surface area contributed by atoms with Gasteiger partial charge in [-0.1, -0.05) is 47.5 Å². The van der Waals surface area contributed by atoms with Gasteiger partial charge in [-0.3, -0.25) is 4.99 Å². The van der Waals surface area contributed by atoms with E-state index in [1.54, 1.807) is 24.4 Å². The first-order valence-electron chi connectivity index (χ1n) is 5.80. The molecule has 1 aromatic heterocycles. The molecule has 2 nitrogen and oxygen atoms in total. The number of halogens is 2. The maximum atomic E-state index is 6.09. The highest BCUT2D eigenvalue weighted by molar-refractivity contribution is 6.38. The van der Waals surface area contributed by atoms with E-state index in [0.29, 0.717) is 15.7 Å². The first-order chi connectivity index (χ1) is 9.25. The predicted octanol–water partition coefficient (Wildman–Crippen LogP) is 5.23. The van der Waals surface area contributed by atoms with Gasteiger partial charge < -0.3 is 4.98 Å². The number of fused-ring (bicyclic) bond motifs is 1. The molecular formula is C15H10Cl2N2. The molecule has 19 heavy (non-hydrogen) atoms. The zero-order valence-corrected chi connectivity index (χ0v) is 11.4. The van der Waals surface area contributed by atoms with Gasteiger partial charge in [0.25, 0.3) is 0 Å². The van der Waals surface area contributed by atoms with Crippen LogP contribution in [0.2, 0.25) is 10.0 Å². The summed E-state index contributed by atoms with van der Waals surface area (Å²) in [7, 11) is 0. The summed E-state index contributed by atoms with van der Waals surface area (Å²) in [6.45, 7) is 0. The molecule has 0 radical (unpaired) electrons. The van der Waals surface area contributed by atoms with Crippen molar-refractivity contribution < 1.29 is 0 Å². The Balaban J connectivity index is 2.05. The highest BCUT2D eigenvalue weighted by Gasteiger charge is 2.03. The SMILES string of the molecule is Clc1cccc(Cl)c1N=Cc1cccc2cc[nH]c12. The first-order valence-corrected chi connectivity index (χ1v) is 6.55. The topological polar surface area (TPSA) is 28.1 Å². The number of aliphatic imine (C=N–C) groups is 1. The van der Waals surface area contributed by atoms with Crippen molar-refractivity contribution in [2.45, 2.75) is 0 Å². The van der Waals surface area contributed by atoms with Crippen LogP contribution in [0.4, 0.5) is 5.69 Å². The molecule has 0 saturated carbocycles. The lowest BCUT2D eigenvalue weighted by Crippen LogP contribution is -1.83. The van der Waals surface area contributed by atoms with E-state index in [9.17, 15) is 0 Å². The fourth-order valence-electron chi connectivity index (χ4n) is 1.96. The number of hydrogen-bond acceptors (Lipinski definition) is 1. The molecule has 0 atom stereocenters. The standard InChI is InChI=1S/C15H10Cl2N2/c16-12-5-2-6-13(17)15(12)19-9-11-4-1-3-10-7-8-18-14(10)11/h1-9,18H. The Morgan fingerprint density at radius 1 is 0.947 bits per heavy atom. The third kappa shape index (κ3) is 2.37. The number of para-hydroxylation sites is 2. The van der Waals surface area contributed by atoms with E-state index in [0.717, 1.165) is 16.5 Å². The Labute approximate surface area is 120 Å². The van der Waals surface area contributed by atoms with Crippen molar-refractivity contribution >= 4 is 46.0 Å². The van der Waals surface area contributed by atoms with Crippen LogP contribution in [0.5, 0.6) is 0 Å². The summed E-state index contributed by atoms with van der Waals surface area (Å²) in [5.74, 6) is 0. The number of aromatic amines is 1. The normalized spacial score (nSPS) is 11.5. The van der Waals surface area contributed by atoms with Crippen LogP contribution >= 0.6 is 23.2 Å². The van der Waals surface area contributed by atoms with Crippen LogP contribution in [0.3, 0.4) is 0 Å². The molecule has 0 unspecified atom stereocenters. The van der Waals surface area contributed by atoms with Gasteiger partial charge in [0.05, 0.1) is 15.6 Å². The van der Waals surface area contributed by atoms with E-state index in [2.05, 4.69) is 9.98 Å². The van der Waals surface area contributed by atoms with Gasteiger partial charge in [-0.25, -0.2) is 0 Å². The van der Waals surface area contributed by atoms with Crippen molar-refractivity contribution in [3.63, 3.8) is 0 Å². The summed E-state index contributed by atoms with van der Waals surface area (Å²) >= 11 is 12.2. The number of nitrogens with zero attached hydrogens (tertiary/aromatic N) is 1. The van der Waals surface area contributed by atoms with Crippen LogP contribution in [0.15, 0.2) is 53.7 Å². The van der Waals surface area contributed by atoms with Crippen molar-refractivity contribution in [1.82, 2.24) is 4.98 Å². The van der Waals surface area contributed by atoms with Crippen LogP contribution in [0.25, 0.3) is 10.9 Å². The van der Waals surface area contributed by atoms with Gasteiger partial charge in [0.2, 0.25) is 0 Å². The number of rotatable bonds is 2. The minimum absolute atomic E-state index is 0.544. The molecule has 0 fully saturated rings. The summed E-state index contributed by atoms with van der Waals surface area (Å²) < 4.78 is 0. The summed E-state index contributed by atoms with van der Waals surface area (Å²) in [5.41, 5.74) is 2.64. The molecule has 0 saturated heterocycles. The minimum Gasteiger partial charge on any atom is -0.361 e. The number of nitrogens with one attached hydrogen (secondary N) is 1. The quantitative estimate of drug-likeness (QED) is 0.626. The zero-order chi connectivity index (χ0) is 13.2. The molecule has 0 aliphatic rings. The van der Waals surface area contributed by atoms with Crippen LogP contribution in [0.1, 0.15) is 5.56 Å². The molecule has 0 amide bonds. The van der Waals surface area contributed by atoms with Crippen molar-refractivity contribution in [1.29, 1.82) is 0 Å². The molecule has 0 bridgehead atoms. The Morgan fingerprint density at radius 2 is 1.68 bits per heavy atom. The molecule has 94 valence electrons. The number of aromatic nitrogens is 1. The first kappa shape index (κ1) is 12.3. The average molecular weight is 289 g/mol. The van der Waals surface area contributed by atoms with Gasteiger partial charge >= 0.3 is 0 Å². The lowest BCUT2D eigenvalue weighted by atomic mass is 10.1. The zero-order valence-electron chi connectivity index (χ0n) is 9.90. The van der Waals surface area contributed by atoms with Gasteiger partial charge in [0.15, 0.2) is 0 Å². The maximum Gasteiger partial charge on any atom is 0.100 e. The van der Waals surface area contributed by atoms with E-state index >= 15 is 0 Å². The van der Waals surface area contributed by atoms with Crippen molar-refractivity contribution in [2.24, 2.45) is 4.99 Å². The molecule has 0 aliphatic carbocycles. The summed E-state index contributed by atoms with van der Waals surface area (Å²) in [6.07, 6.45) is 3.68. The monoisotopic (exact) mass is 288 g/mol. The molecule has 0 spiro atoms. The summed E-state index contributed by atoms with van der Waals surface area (Å²) in [6, 6.07) is 13.4. The molecule has 0 aliphatic heterocycles. The van der Waals surface area contributed by atoms with E-state index in [4.69, 9.17) is 23.2 Å². The fraction of sp³-hybridized carbons (Fsp3) is 0. The van der Waals surface area contributed by atoms with Gasteiger partial charge in [-0.2, -0.15) is 0 Å². The third-order valence-corrected chi connectivity index (χ3v) is 3.50. The lowest BCUT2D eigenvalue weighted by Gasteiger charge is -2.01. The Bertz CT molecular complexity index is 739. The van der Waals surface area contributed by atoms with E-state index < -0.39 is 0 Å².